The number of fused-ring (bicyclic) bond motifs is 5. The molecule has 9 atom stereocenters. The third-order valence-electron chi connectivity index (χ3n) is 10.7. The van der Waals surface area contributed by atoms with Gasteiger partial charge in [-0.1, -0.05) is 13.8 Å². The molecule has 5 aliphatic rings. The summed E-state index contributed by atoms with van der Waals surface area (Å²) in [6.45, 7) is 11.8. The second-order valence-corrected chi connectivity index (χ2v) is 12.0. The van der Waals surface area contributed by atoms with Crippen molar-refractivity contribution in [3.8, 4) is 0 Å². The summed E-state index contributed by atoms with van der Waals surface area (Å²) < 4.78 is 11.6. The largest absolute Gasteiger partial charge is 0.387 e. The number of epoxide rings is 1. The highest BCUT2D eigenvalue weighted by atomic mass is 16.6. The summed E-state index contributed by atoms with van der Waals surface area (Å²) in [5, 5.41) is 11.1. The molecule has 5 rings (SSSR count). The van der Waals surface area contributed by atoms with Crippen molar-refractivity contribution in [3.05, 3.63) is 0 Å². The van der Waals surface area contributed by atoms with Crippen LogP contribution in [0.15, 0.2) is 0 Å². The van der Waals surface area contributed by atoms with E-state index in [9.17, 15) is 5.11 Å². The van der Waals surface area contributed by atoms with E-state index in [0.717, 1.165) is 43.1 Å². The number of aliphatic hydroxyl groups is 1. The first-order valence-electron chi connectivity index (χ1n) is 12.2. The predicted molar refractivity (Wildman–Crippen MR) is 111 cm³/mol. The normalized spacial score (nSPS) is 58.0. The molecule has 0 spiro atoms. The van der Waals surface area contributed by atoms with Crippen LogP contribution in [0.4, 0.5) is 0 Å². The summed E-state index contributed by atoms with van der Waals surface area (Å²) in [5.74, 6) is 4.13. The maximum absolute atomic E-state index is 11.1. The Labute approximate surface area is 171 Å². The van der Waals surface area contributed by atoms with Gasteiger partial charge >= 0.3 is 0 Å². The third-order valence-corrected chi connectivity index (χ3v) is 10.7. The molecule has 1 N–H and O–H groups in total. The summed E-state index contributed by atoms with van der Waals surface area (Å²) in [6, 6.07) is 0. The topological polar surface area (TPSA) is 42.0 Å². The molecule has 160 valence electrons. The Morgan fingerprint density at radius 1 is 0.929 bits per heavy atom. The van der Waals surface area contributed by atoms with Gasteiger partial charge in [-0.05, 0) is 112 Å². The first-order chi connectivity index (χ1) is 13.2. The lowest BCUT2D eigenvalue weighted by Gasteiger charge is -2.62. The molecule has 0 bridgehead atoms. The molecular weight excluding hydrogens is 348 g/mol. The van der Waals surface area contributed by atoms with Crippen LogP contribution in [0.1, 0.15) is 85.5 Å². The molecule has 1 heterocycles. The highest BCUT2D eigenvalue weighted by Gasteiger charge is 2.65. The molecule has 4 saturated carbocycles. The summed E-state index contributed by atoms with van der Waals surface area (Å²) in [7, 11) is 0. The highest BCUT2D eigenvalue weighted by Crippen LogP contribution is 2.70. The Morgan fingerprint density at radius 3 is 2.39 bits per heavy atom. The van der Waals surface area contributed by atoms with E-state index in [2.05, 4.69) is 20.8 Å². The van der Waals surface area contributed by atoms with Crippen LogP contribution < -0.4 is 0 Å². The quantitative estimate of drug-likeness (QED) is 0.671. The van der Waals surface area contributed by atoms with Crippen LogP contribution in [-0.2, 0) is 9.47 Å². The highest BCUT2D eigenvalue weighted by molar-refractivity contribution is 5.14. The van der Waals surface area contributed by atoms with Gasteiger partial charge in [0.15, 0.2) is 0 Å². The predicted octanol–water partition coefficient (Wildman–Crippen LogP) is 5.20. The maximum atomic E-state index is 11.1. The van der Waals surface area contributed by atoms with E-state index < -0.39 is 5.60 Å². The second-order valence-electron chi connectivity index (χ2n) is 12.0. The first-order valence-corrected chi connectivity index (χ1v) is 12.2. The molecular formula is C25H42O3. The average molecular weight is 391 g/mol. The monoisotopic (exact) mass is 390 g/mol. The molecule has 0 aromatic heterocycles. The lowest BCUT2D eigenvalue weighted by molar-refractivity contribution is -0.166. The maximum Gasteiger partial charge on any atom is 0.0921 e. The van der Waals surface area contributed by atoms with Crippen molar-refractivity contribution in [1.29, 1.82) is 0 Å². The standard InChI is InChI=1S/C25H42O3/c1-5-27-16-25(26)13-12-22(2)17(14-25)6-7-18-19-8-9-21(24(4)15-28-24)23(19,3)11-10-20(18)22/h17-21,26H,5-16H2,1-4H3/t17-,18+,19+,20+,21+,22+,23+,24?,25-/m1/s1. The summed E-state index contributed by atoms with van der Waals surface area (Å²) in [4.78, 5) is 0. The average Bonchev–Trinajstić information content (AvgIpc) is 3.29. The Kier molecular flexibility index (Phi) is 4.56. The number of hydrogen-bond acceptors (Lipinski definition) is 3. The van der Waals surface area contributed by atoms with Gasteiger partial charge in [0.05, 0.1) is 24.4 Å². The van der Waals surface area contributed by atoms with Crippen molar-refractivity contribution in [2.45, 2.75) is 96.7 Å². The van der Waals surface area contributed by atoms with Crippen molar-refractivity contribution in [1.82, 2.24) is 0 Å². The minimum atomic E-state index is -0.577. The van der Waals surface area contributed by atoms with E-state index in [-0.39, 0.29) is 5.60 Å². The molecule has 1 aliphatic heterocycles. The van der Waals surface area contributed by atoms with Gasteiger partial charge in [0.2, 0.25) is 0 Å². The van der Waals surface area contributed by atoms with Crippen LogP contribution in [0, 0.1) is 40.4 Å². The van der Waals surface area contributed by atoms with Gasteiger partial charge in [-0.3, -0.25) is 0 Å². The van der Waals surface area contributed by atoms with Crippen molar-refractivity contribution in [3.63, 3.8) is 0 Å². The number of ether oxygens (including phenoxy) is 2. The van der Waals surface area contributed by atoms with Crippen LogP contribution in [0.25, 0.3) is 0 Å². The third kappa shape index (κ3) is 2.78. The van der Waals surface area contributed by atoms with Gasteiger partial charge in [0.1, 0.15) is 0 Å². The molecule has 1 saturated heterocycles. The van der Waals surface area contributed by atoms with Gasteiger partial charge in [-0.25, -0.2) is 0 Å². The summed E-state index contributed by atoms with van der Waals surface area (Å²) >= 11 is 0. The lowest BCUT2D eigenvalue weighted by Crippen LogP contribution is -2.57. The molecule has 4 aliphatic carbocycles. The van der Waals surface area contributed by atoms with Crippen molar-refractivity contribution < 1.29 is 14.6 Å². The Bertz CT molecular complexity index is 615. The van der Waals surface area contributed by atoms with E-state index in [1.54, 1.807) is 0 Å². The molecule has 1 unspecified atom stereocenters. The fourth-order valence-corrected chi connectivity index (χ4v) is 9.06. The molecule has 0 aromatic rings. The molecule has 5 fully saturated rings. The van der Waals surface area contributed by atoms with Crippen LogP contribution in [0.3, 0.4) is 0 Å². The zero-order valence-electron chi connectivity index (χ0n) is 18.6. The second kappa shape index (κ2) is 6.44. The first kappa shape index (κ1) is 19.8. The fourth-order valence-electron chi connectivity index (χ4n) is 9.06. The number of hydrogen-bond donors (Lipinski definition) is 1. The SMILES string of the molecule is CCOC[C@@]1(O)CC[C@@]2(C)[C@H](CC[C@@H]3[C@@H]2CC[C@]2(C)[C@@H](C4(C)CO4)CC[C@@H]32)C1. The Morgan fingerprint density at radius 2 is 1.68 bits per heavy atom. The number of rotatable bonds is 4. The van der Waals surface area contributed by atoms with Crippen LogP contribution in [-0.4, -0.2) is 36.1 Å². The van der Waals surface area contributed by atoms with Gasteiger partial charge in [-0.2, -0.15) is 0 Å². The Balaban J connectivity index is 1.35. The van der Waals surface area contributed by atoms with Gasteiger partial charge in [0, 0.05) is 6.61 Å². The molecule has 3 heteroatoms. The van der Waals surface area contributed by atoms with Crippen LogP contribution in [0.5, 0.6) is 0 Å². The lowest BCUT2D eigenvalue weighted by atomic mass is 9.43. The fraction of sp³-hybridized carbons (Fsp3) is 1.00. The van der Waals surface area contributed by atoms with Crippen molar-refractivity contribution in [2.24, 2.45) is 40.4 Å². The van der Waals surface area contributed by atoms with E-state index in [1.807, 2.05) is 6.92 Å². The van der Waals surface area contributed by atoms with E-state index in [0.29, 0.717) is 30.0 Å². The molecule has 0 radical (unpaired) electrons. The van der Waals surface area contributed by atoms with Gasteiger partial charge in [-0.15, -0.1) is 0 Å². The van der Waals surface area contributed by atoms with Crippen molar-refractivity contribution in [2.75, 3.05) is 19.8 Å². The zero-order chi connectivity index (χ0) is 19.8. The molecule has 3 nitrogen and oxygen atoms in total. The Hall–Kier alpha value is -0.120. The molecule has 28 heavy (non-hydrogen) atoms. The summed E-state index contributed by atoms with van der Waals surface area (Å²) in [6.07, 6.45) is 11.4. The smallest absolute Gasteiger partial charge is 0.0921 e. The molecule has 0 amide bonds. The van der Waals surface area contributed by atoms with Crippen LogP contribution >= 0.6 is 0 Å². The summed E-state index contributed by atoms with van der Waals surface area (Å²) in [5.41, 5.74) is 0.547. The van der Waals surface area contributed by atoms with Gasteiger partial charge in [0.25, 0.3) is 0 Å². The minimum Gasteiger partial charge on any atom is -0.387 e. The zero-order valence-corrected chi connectivity index (χ0v) is 18.6. The van der Waals surface area contributed by atoms with Gasteiger partial charge < -0.3 is 14.6 Å². The minimum absolute atomic E-state index is 0.193. The van der Waals surface area contributed by atoms with Crippen LogP contribution in [0.2, 0.25) is 0 Å². The molecule has 0 aromatic carbocycles. The van der Waals surface area contributed by atoms with E-state index in [4.69, 9.17) is 9.47 Å². The van der Waals surface area contributed by atoms with E-state index in [1.165, 1.54) is 44.9 Å². The van der Waals surface area contributed by atoms with E-state index >= 15 is 0 Å². The van der Waals surface area contributed by atoms with Crippen molar-refractivity contribution >= 4 is 0 Å².